The summed E-state index contributed by atoms with van der Waals surface area (Å²) in [4.78, 5) is 13.5. The van der Waals surface area contributed by atoms with Crippen LogP contribution in [-0.4, -0.2) is 25.6 Å². The number of carbonyl (C=O) groups is 1. The van der Waals surface area contributed by atoms with Gasteiger partial charge in [0.05, 0.1) is 19.6 Å². The molecule has 4 aromatic rings. The predicted molar refractivity (Wildman–Crippen MR) is 140 cm³/mol. The van der Waals surface area contributed by atoms with E-state index in [1.807, 2.05) is 66.7 Å². The van der Waals surface area contributed by atoms with Gasteiger partial charge in [0, 0.05) is 17.4 Å². The first kappa shape index (κ1) is 23.5. The smallest absolute Gasteiger partial charge is 0.182 e. The molecule has 0 fully saturated rings. The lowest BCUT2D eigenvalue weighted by atomic mass is 9.61. The quantitative estimate of drug-likeness (QED) is 0.343. The van der Waals surface area contributed by atoms with Gasteiger partial charge < -0.3 is 24.1 Å². The summed E-state index contributed by atoms with van der Waals surface area (Å²) in [7, 11) is 3.30. The van der Waals surface area contributed by atoms with Crippen LogP contribution in [0.1, 0.15) is 57.6 Å². The van der Waals surface area contributed by atoms with E-state index in [2.05, 4.69) is 30.3 Å². The summed E-state index contributed by atoms with van der Waals surface area (Å²) in [6.45, 7) is 0. The number of methoxy groups -OCH3 is 2. The van der Waals surface area contributed by atoms with Gasteiger partial charge >= 0.3 is 0 Å². The third-order valence-corrected chi connectivity index (χ3v) is 8.00. The normalized spacial score (nSPS) is 23.6. The fraction of sp³-hybridized carbons (Fsp3) is 0.219. The molecule has 4 aromatic carbocycles. The highest BCUT2D eigenvalue weighted by atomic mass is 16.6. The maximum absolute atomic E-state index is 13.5. The third-order valence-electron chi connectivity index (χ3n) is 8.00. The monoisotopic (exact) mass is 492 g/mol. The minimum Gasteiger partial charge on any atom is -0.497 e. The first-order chi connectivity index (χ1) is 18.1. The lowest BCUT2D eigenvalue weighted by Crippen LogP contribution is -2.44. The molecule has 0 saturated carbocycles. The first-order valence-corrected chi connectivity index (χ1v) is 12.4. The van der Waals surface area contributed by atoms with Gasteiger partial charge in [-0.25, -0.2) is 0 Å². The molecule has 37 heavy (non-hydrogen) atoms. The minimum atomic E-state index is -1.11. The Labute approximate surface area is 216 Å². The van der Waals surface area contributed by atoms with Crippen molar-refractivity contribution in [2.75, 3.05) is 14.2 Å². The third kappa shape index (κ3) is 3.50. The van der Waals surface area contributed by atoms with Crippen LogP contribution in [0.25, 0.3) is 0 Å². The van der Waals surface area contributed by atoms with Gasteiger partial charge in [0.25, 0.3) is 0 Å². The number of hydrogen-bond donors (Lipinski definition) is 1. The molecule has 1 N–H and O–H groups in total. The molecule has 0 saturated heterocycles. The maximum Gasteiger partial charge on any atom is 0.182 e. The highest BCUT2D eigenvalue weighted by Crippen LogP contribution is 2.65. The number of fused-ring (bicyclic) bond motifs is 5. The molecule has 0 radical (unpaired) electrons. The van der Waals surface area contributed by atoms with Crippen LogP contribution in [0, 0.1) is 0 Å². The number of aliphatic hydroxyl groups excluding tert-OH is 1. The van der Waals surface area contributed by atoms with E-state index in [1.54, 1.807) is 14.2 Å². The zero-order valence-electron chi connectivity index (χ0n) is 20.7. The molecule has 186 valence electrons. The van der Waals surface area contributed by atoms with Gasteiger partial charge in [-0.2, -0.15) is 0 Å². The highest BCUT2D eigenvalue weighted by molar-refractivity contribution is 5.79. The maximum atomic E-state index is 13.5. The molecule has 5 heteroatoms. The molecule has 4 atom stereocenters. The van der Waals surface area contributed by atoms with Gasteiger partial charge in [0.15, 0.2) is 6.29 Å². The summed E-state index contributed by atoms with van der Waals surface area (Å²) in [5.74, 6) is 1.05. The zero-order valence-corrected chi connectivity index (χ0v) is 20.7. The summed E-state index contributed by atoms with van der Waals surface area (Å²) in [5, 5.41) is 11.0. The number of carbonyl (C=O) groups excluding carboxylic acids is 1. The number of rotatable bonds is 6. The van der Waals surface area contributed by atoms with Crippen LogP contribution < -0.4 is 9.47 Å². The van der Waals surface area contributed by atoms with E-state index < -0.39 is 17.8 Å². The fourth-order valence-corrected chi connectivity index (χ4v) is 6.37. The molecular formula is C32H28O5. The molecule has 0 bridgehead atoms. The van der Waals surface area contributed by atoms with Crippen LogP contribution in [0.2, 0.25) is 0 Å². The Balaban J connectivity index is 1.65. The lowest BCUT2D eigenvalue weighted by molar-refractivity contribution is -0.177. The van der Waals surface area contributed by atoms with E-state index >= 15 is 0 Å². The molecule has 1 aliphatic heterocycles. The number of aliphatic hydroxyl groups is 1. The standard InChI is InChI=1S/C32H28O5/c1-35-22-15-11-20(12-16-22)28(21-13-17-23(36-2)18-14-21)29-24-7-3-4-8-25(24)30-32(29,19-33)27-10-6-5-9-26(27)31(34)37-30/h3-19,28-31,34H,1-2H3/t29-,30-,31+,32+/m0/s1. The van der Waals surface area contributed by atoms with E-state index in [1.165, 1.54) is 0 Å². The van der Waals surface area contributed by atoms with Crippen molar-refractivity contribution < 1.29 is 24.1 Å². The molecule has 0 unspecified atom stereocenters. The fourth-order valence-electron chi connectivity index (χ4n) is 6.37. The molecule has 0 spiro atoms. The largest absolute Gasteiger partial charge is 0.497 e. The van der Waals surface area contributed by atoms with E-state index in [0.717, 1.165) is 45.6 Å². The molecular weight excluding hydrogens is 464 g/mol. The number of hydrogen-bond acceptors (Lipinski definition) is 5. The second-order valence-corrected chi connectivity index (χ2v) is 9.64. The molecule has 0 aromatic heterocycles. The summed E-state index contributed by atoms with van der Waals surface area (Å²) in [6.07, 6.45) is -0.677. The summed E-state index contributed by atoms with van der Waals surface area (Å²) >= 11 is 0. The molecule has 1 aliphatic carbocycles. The minimum absolute atomic E-state index is 0.194. The van der Waals surface area contributed by atoms with Gasteiger partial charge in [0.2, 0.25) is 0 Å². The van der Waals surface area contributed by atoms with Crippen molar-refractivity contribution in [2.24, 2.45) is 0 Å². The van der Waals surface area contributed by atoms with Gasteiger partial charge in [-0.05, 0) is 52.1 Å². The molecule has 1 heterocycles. The van der Waals surface area contributed by atoms with Gasteiger partial charge in [0.1, 0.15) is 23.9 Å². The van der Waals surface area contributed by atoms with Crippen LogP contribution in [0.5, 0.6) is 11.5 Å². The topological polar surface area (TPSA) is 65.0 Å². The summed E-state index contributed by atoms with van der Waals surface area (Å²) in [5.41, 5.74) is 4.48. The number of aldehydes is 1. The Morgan fingerprint density at radius 2 is 1.27 bits per heavy atom. The van der Waals surface area contributed by atoms with Crippen LogP contribution in [0.15, 0.2) is 97.1 Å². The van der Waals surface area contributed by atoms with E-state index in [4.69, 9.17) is 14.2 Å². The molecule has 0 amide bonds. The number of benzene rings is 4. The predicted octanol–water partition coefficient (Wildman–Crippen LogP) is 5.83. The summed E-state index contributed by atoms with van der Waals surface area (Å²) < 4.78 is 17.1. The Kier molecular flexibility index (Phi) is 5.82. The van der Waals surface area contributed by atoms with Gasteiger partial charge in [-0.15, -0.1) is 0 Å². The van der Waals surface area contributed by atoms with Crippen molar-refractivity contribution in [1.29, 1.82) is 0 Å². The molecule has 5 nitrogen and oxygen atoms in total. The van der Waals surface area contributed by atoms with Crippen LogP contribution in [-0.2, 0) is 14.9 Å². The molecule has 2 aliphatic rings. The first-order valence-electron chi connectivity index (χ1n) is 12.4. The second kappa shape index (κ2) is 9.18. The van der Waals surface area contributed by atoms with Crippen molar-refractivity contribution in [1.82, 2.24) is 0 Å². The van der Waals surface area contributed by atoms with Crippen molar-refractivity contribution in [3.05, 3.63) is 130 Å². The SMILES string of the molecule is COc1ccc(C(c2ccc(OC)cc2)[C@@H]2c3ccccc3[C@@H]3O[C@@H](O)c4ccccc4[C@@]32C=O)cc1. The van der Waals surface area contributed by atoms with Crippen LogP contribution >= 0.6 is 0 Å². The Morgan fingerprint density at radius 3 is 1.81 bits per heavy atom. The van der Waals surface area contributed by atoms with Crippen molar-refractivity contribution in [2.45, 2.75) is 29.6 Å². The van der Waals surface area contributed by atoms with E-state index in [9.17, 15) is 9.90 Å². The van der Waals surface area contributed by atoms with Crippen molar-refractivity contribution in [3.63, 3.8) is 0 Å². The summed E-state index contributed by atoms with van der Waals surface area (Å²) in [6, 6.07) is 31.7. The van der Waals surface area contributed by atoms with Crippen molar-refractivity contribution in [3.8, 4) is 11.5 Å². The van der Waals surface area contributed by atoms with E-state index in [0.29, 0.717) is 5.56 Å². The zero-order chi connectivity index (χ0) is 25.6. The van der Waals surface area contributed by atoms with Crippen LogP contribution in [0.4, 0.5) is 0 Å². The highest BCUT2D eigenvalue weighted by Gasteiger charge is 2.61. The Bertz CT molecular complexity index is 1380. The van der Waals surface area contributed by atoms with Crippen LogP contribution in [0.3, 0.4) is 0 Å². The average molecular weight is 493 g/mol. The van der Waals surface area contributed by atoms with Crippen molar-refractivity contribution >= 4 is 6.29 Å². The van der Waals surface area contributed by atoms with Gasteiger partial charge in [-0.1, -0.05) is 72.8 Å². The average Bonchev–Trinajstić information content (AvgIpc) is 3.24. The Morgan fingerprint density at radius 1 is 0.757 bits per heavy atom. The molecule has 6 rings (SSSR count). The number of ether oxygens (including phenoxy) is 3. The lowest BCUT2D eigenvalue weighted by Gasteiger charge is -2.45. The van der Waals surface area contributed by atoms with Gasteiger partial charge in [-0.3, -0.25) is 0 Å². The van der Waals surface area contributed by atoms with E-state index in [-0.39, 0.29) is 11.8 Å². The Hall–Kier alpha value is -3.93. The second-order valence-electron chi connectivity index (χ2n) is 9.64.